The predicted octanol–water partition coefficient (Wildman–Crippen LogP) is 3.88. The molecular weight excluding hydrogens is 481 g/mol. The van der Waals surface area contributed by atoms with E-state index in [4.69, 9.17) is 0 Å². The maximum atomic E-state index is 13.7. The zero-order chi connectivity index (χ0) is 26.3. The summed E-state index contributed by atoms with van der Waals surface area (Å²) in [4.78, 5) is 27.7. The summed E-state index contributed by atoms with van der Waals surface area (Å²) in [7, 11) is -2.69. The van der Waals surface area contributed by atoms with E-state index in [0.29, 0.717) is 6.42 Å². The van der Waals surface area contributed by atoms with Crippen molar-refractivity contribution in [3.63, 3.8) is 0 Å². The lowest BCUT2D eigenvalue weighted by Crippen LogP contribution is -2.51. The Labute approximate surface area is 211 Å². The number of carbonyl (C=O) groups excluding carboxylic acids is 2. The first-order valence-corrected chi connectivity index (χ1v) is 13.0. The third-order valence-corrected chi connectivity index (χ3v) is 7.62. The number of nitrogens with one attached hydrogen (secondary N) is 1. The molecule has 9 heteroatoms. The van der Waals surface area contributed by atoms with Crippen LogP contribution in [0.4, 0.5) is 10.1 Å². The summed E-state index contributed by atoms with van der Waals surface area (Å²) in [6.45, 7) is 3.17. The van der Waals surface area contributed by atoms with Crippen molar-refractivity contribution in [2.45, 2.75) is 37.8 Å². The van der Waals surface area contributed by atoms with Crippen molar-refractivity contribution in [1.29, 1.82) is 0 Å². The van der Waals surface area contributed by atoms with E-state index in [2.05, 4.69) is 5.32 Å². The van der Waals surface area contributed by atoms with E-state index in [1.54, 1.807) is 19.1 Å². The predicted molar refractivity (Wildman–Crippen MR) is 137 cm³/mol. The largest absolute Gasteiger partial charge is 0.357 e. The molecule has 0 spiro atoms. The van der Waals surface area contributed by atoms with Gasteiger partial charge in [-0.2, -0.15) is 0 Å². The number of nitrogens with zero attached hydrogens (tertiary/aromatic N) is 2. The van der Waals surface area contributed by atoms with Crippen LogP contribution in [0.15, 0.2) is 83.8 Å². The van der Waals surface area contributed by atoms with Crippen molar-refractivity contribution in [3.8, 4) is 0 Å². The molecule has 0 unspecified atom stereocenters. The highest BCUT2D eigenvalue weighted by atomic mass is 32.2. The average Bonchev–Trinajstić information content (AvgIpc) is 2.88. The summed E-state index contributed by atoms with van der Waals surface area (Å²) in [6.07, 6.45) is 0.333. The number of likely N-dealkylation sites (N-methyl/N-ethyl adjacent to an activating group) is 1. The van der Waals surface area contributed by atoms with Crippen molar-refractivity contribution in [3.05, 3.63) is 95.8 Å². The van der Waals surface area contributed by atoms with Crippen LogP contribution >= 0.6 is 0 Å². The van der Waals surface area contributed by atoms with E-state index in [0.717, 1.165) is 27.6 Å². The minimum Gasteiger partial charge on any atom is -0.357 e. The second-order valence-corrected chi connectivity index (χ2v) is 10.2. The summed E-state index contributed by atoms with van der Waals surface area (Å²) in [5.41, 5.74) is 1.81. The van der Waals surface area contributed by atoms with Gasteiger partial charge in [-0.05, 0) is 55.3 Å². The fraction of sp³-hybridized carbons (Fsp3) is 0.259. The molecule has 3 rings (SSSR count). The number of sulfonamides is 1. The van der Waals surface area contributed by atoms with Gasteiger partial charge >= 0.3 is 0 Å². The van der Waals surface area contributed by atoms with Gasteiger partial charge in [-0.3, -0.25) is 13.9 Å². The maximum Gasteiger partial charge on any atom is 0.264 e. The molecule has 0 fully saturated rings. The van der Waals surface area contributed by atoms with E-state index in [-0.39, 0.29) is 23.0 Å². The fourth-order valence-electron chi connectivity index (χ4n) is 3.84. The van der Waals surface area contributed by atoms with Gasteiger partial charge in [0.2, 0.25) is 11.8 Å². The Morgan fingerprint density at radius 2 is 1.56 bits per heavy atom. The summed E-state index contributed by atoms with van der Waals surface area (Å²) >= 11 is 0. The highest BCUT2D eigenvalue weighted by Crippen LogP contribution is 2.25. The molecule has 7 nitrogen and oxygen atoms in total. The number of amides is 2. The Morgan fingerprint density at radius 1 is 0.944 bits per heavy atom. The zero-order valence-corrected chi connectivity index (χ0v) is 21.3. The van der Waals surface area contributed by atoms with Crippen molar-refractivity contribution in [2.24, 2.45) is 0 Å². The summed E-state index contributed by atoms with van der Waals surface area (Å²) < 4.78 is 41.9. The van der Waals surface area contributed by atoms with Gasteiger partial charge in [-0.15, -0.1) is 0 Å². The molecule has 0 radical (unpaired) electrons. The van der Waals surface area contributed by atoms with Crippen LogP contribution in [-0.4, -0.2) is 44.8 Å². The summed E-state index contributed by atoms with van der Waals surface area (Å²) in [5.74, 6) is -1.44. The van der Waals surface area contributed by atoms with Gasteiger partial charge in [-0.1, -0.05) is 55.0 Å². The average molecular weight is 512 g/mol. The van der Waals surface area contributed by atoms with E-state index in [9.17, 15) is 22.4 Å². The van der Waals surface area contributed by atoms with Crippen LogP contribution in [0.25, 0.3) is 0 Å². The van der Waals surface area contributed by atoms with Crippen LogP contribution in [0, 0.1) is 12.7 Å². The van der Waals surface area contributed by atoms with Gasteiger partial charge in [0, 0.05) is 13.6 Å². The third-order valence-electron chi connectivity index (χ3n) is 5.83. The van der Waals surface area contributed by atoms with Gasteiger partial charge in [-0.25, -0.2) is 12.8 Å². The van der Waals surface area contributed by atoms with Crippen LogP contribution in [0.2, 0.25) is 0 Å². The zero-order valence-electron chi connectivity index (χ0n) is 20.5. The Balaban J connectivity index is 2.04. The third kappa shape index (κ3) is 6.28. The lowest BCUT2D eigenvalue weighted by atomic mass is 10.1. The Bertz CT molecular complexity index is 1280. The van der Waals surface area contributed by atoms with Gasteiger partial charge in [0.1, 0.15) is 18.4 Å². The molecule has 36 heavy (non-hydrogen) atoms. The Hall–Kier alpha value is -3.72. The summed E-state index contributed by atoms with van der Waals surface area (Å²) in [5, 5.41) is 2.58. The number of hydrogen-bond acceptors (Lipinski definition) is 4. The normalized spacial score (nSPS) is 12.0. The number of anilines is 1. The number of carbonyl (C=O) groups is 2. The first-order valence-electron chi connectivity index (χ1n) is 11.6. The Morgan fingerprint density at radius 3 is 2.11 bits per heavy atom. The lowest BCUT2D eigenvalue weighted by Gasteiger charge is -2.33. The molecule has 0 saturated carbocycles. The number of aryl methyl sites for hydroxylation is 1. The van der Waals surface area contributed by atoms with E-state index < -0.39 is 34.3 Å². The quantitative estimate of drug-likeness (QED) is 0.448. The number of halogens is 1. The van der Waals surface area contributed by atoms with Crippen molar-refractivity contribution < 1.29 is 22.4 Å². The molecule has 1 atom stereocenters. The molecule has 0 heterocycles. The molecule has 190 valence electrons. The van der Waals surface area contributed by atoms with Crippen molar-refractivity contribution in [1.82, 2.24) is 10.2 Å². The topological polar surface area (TPSA) is 86.8 Å². The van der Waals surface area contributed by atoms with Crippen LogP contribution in [0.5, 0.6) is 0 Å². The minimum absolute atomic E-state index is 0.00169. The van der Waals surface area contributed by atoms with Crippen LogP contribution in [0.1, 0.15) is 24.5 Å². The monoisotopic (exact) mass is 511 g/mol. The fourth-order valence-corrected chi connectivity index (χ4v) is 5.25. The van der Waals surface area contributed by atoms with Crippen molar-refractivity contribution in [2.75, 3.05) is 17.9 Å². The number of benzene rings is 3. The van der Waals surface area contributed by atoms with Gasteiger partial charge < -0.3 is 10.2 Å². The highest BCUT2D eigenvalue weighted by Gasteiger charge is 2.33. The van der Waals surface area contributed by atoms with E-state index >= 15 is 0 Å². The van der Waals surface area contributed by atoms with Gasteiger partial charge in [0.05, 0.1) is 10.6 Å². The molecule has 0 bridgehead atoms. The van der Waals surface area contributed by atoms with E-state index in [1.807, 2.05) is 37.3 Å². The number of rotatable bonds is 10. The smallest absolute Gasteiger partial charge is 0.264 e. The molecular formula is C27H30FN3O4S. The first-order chi connectivity index (χ1) is 17.2. The molecule has 0 aliphatic carbocycles. The van der Waals surface area contributed by atoms with Gasteiger partial charge in [0.15, 0.2) is 0 Å². The number of hydrogen-bond donors (Lipinski definition) is 1. The molecule has 3 aromatic rings. The second kappa shape index (κ2) is 11.8. The summed E-state index contributed by atoms with van der Waals surface area (Å²) in [6, 6.07) is 19.5. The molecule has 0 saturated heterocycles. The lowest BCUT2D eigenvalue weighted by molar-refractivity contribution is -0.140. The molecule has 0 aliphatic rings. The molecule has 3 aromatic carbocycles. The molecule has 0 aromatic heterocycles. The highest BCUT2D eigenvalue weighted by molar-refractivity contribution is 7.92. The molecule has 0 aliphatic heterocycles. The van der Waals surface area contributed by atoms with Crippen molar-refractivity contribution >= 4 is 27.5 Å². The SMILES string of the molecule is CC[C@@H](C(=O)NC)N(Cc1ccccc1)C(=O)CN(c1ccc(F)cc1)S(=O)(=O)c1ccc(C)cc1. The Kier molecular flexibility index (Phi) is 8.82. The maximum absolute atomic E-state index is 13.7. The molecule has 1 N–H and O–H groups in total. The standard InChI is InChI=1S/C27H30FN3O4S/c1-4-25(27(33)29-3)30(18-21-8-6-5-7-9-21)26(32)19-31(23-14-12-22(28)13-15-23)36(34,35)24-16-10-20(2)11-17-24/h5-17,25H,4,18-19H2,1-3H3,(H,29,33)/t25-/m0/s1. The van der Waals surface area contributed by atoms with Crippen LogP contribution in [0.3, 0.4) is 0 Å². The molecule has 2 amide bonds. The van der Waals surface area contributed by atoms with Crippen LogP contribution < -0.4 is 9.62 Å². The second-order valence-electron chi connectivity index (χ2n) is 8.35. The van der Waals surface area contributed by atoms with E-state index in [1.165, 1.54) is 36.2 Å². The minimum atomic E-state index is -4.18. The van der Waals surface area contributed by atoms with Crippen LogP contribution in [-0.2, 0) is 26.2 Å². The van der Waals surface area contributed by atoms with Gasteiger partial charge in [0.25, 0.3) is 10.0 Å². The first kappa shape index (κ1) is 26.9.